The minimum absolute atomic E-state index is 0.0201. The maximum Gasteiger partial charge on any atom is 0.270 e. The van der Waals surface area contributed by atoms with Gasteiger partial charge in [0.15, 0.2) is 11.5 Å². The first-order chi connectivity index (χ1) is 12.6. The van der Waals surface area contributed by atoms with Crippen LogP contribution in [-0.4, -0.2) is 57.8 Å². The summed E-state index contributed by atoms with van der Waals surface area (Å²) in [5, 5.41) is 0. The molecule has 0 aliphatic carbocycles. The maximum absolute atomic E-state index is 12.6. The number of carbonyl (C=O) groups is 2. The smallest absolute Gasteiger partial charge is 0.270 e. The first-order valence-electron chi connectivity index (χ1n) is 8.66. The Labute approximate surface area is 150 Å². The van der Waals surface area contributed by atoms with Crippen LogP contribution in [0.15, 0.2) is 40.9 Å². The molecule has 1 aliphatic rings. The summed E-state index contributed by atoms with van der Waals surface area (Å²) in [6.45, 7) is 4.00. The molecule has 0 bridgehead atoms. The van der Waals surface area contributed by atoms with Crippen molar-refractivity contribution >= 4 is 22.9 Å². The van der Waals surface area contributed by atoms with Crippen LogP contribution in [0, 0.1) is 6.92 Å². The van der Waals surface area contributed by atoms with E-state index in [0.717, 1.165) is 11.1 Å². The second-order valence-electron chi connectivity index (χ2n) is 6.47. The number of aryl methyl sites for hydroxylation is 1. The van der Waals surface area contributed by atoms with Gasteiger partial charge in [-0.15, -0.1) is 0 Å². The van der Waals surface area contributed by atoms with Crippen LogP contribution in [0.3, 0.4) is 0 Å². The minimum atomic E-state index is -0.0201. The van der Waals surface area contributed by atoms with Crippen molar-refractivity contribution in [1.82, 2.24) is 19.8 Å². The topological polar surface area (TPSA) is 82.4 Å². The van der Waals surface area contributed by atoms with Gasteiger partial charge in [-0.3, -0.25) is 9.59 Å². The van der Waals surface area contributed by atoms with Crippen LogP contribution in [0.2, 0.25) is 0 Å². The van der Waals surface area contributed by atoms with Crippen LogP contribution in [0.1, 0.15) is 21.9 Å². The number of nitrogens with zero attached hydrogens (tertiary/aromatic N) is 3. The van der Waals surface area contributed by atoms with E-state index < -0.39 is 0 Å². The average Bonchev–Trinajstić information content (AvgIpc) is 3.29. The number of fused-ring (bicyclic) bond motifs is 1. The number of piperazine rings is 1. The van der Waals surface area contributed by atoms with E-state index >= 15 is 0 Å². The zero-order valence-corrected chi connectivity index (χ0v) is 14.6. The number of aromatic nitrogens is 2. The molecule has 1 fully saturated rings. The van der Waals surface area contributed by atoms with E-state index in [1.165, 1.54) is 0 Å². The Morgan fingerprint density at radius 3 is 2.65 bits per heavy atom. The van der Waals surface area contributed by atoms with Crippen molar-refractivity contribution in [3.8, 4) is 0 Å². The van der Waals surface area contributed by atoms with Crippen LogP contribution < -0.4 is 0 Å². The van der Waals surface area contributed by atoms with E-state index in [2.05, 4.69) is 9.97 Å². The van der Waals surface area contributed by atoms with Gasteiger partial charge in [0.1, 0.15) is 11.2 Å². The summed E-state index contributed by atoms with van der Waals surface area (Å²) < 4.78 is 5.53. The molecule has 0 spiro atoms. The van der Waals surface area contributed by atoms with Crippen molar-refractivity contribution in [2.75, 3.05) is 26.2 Å². The second kappa shape index (κ2) is 6.67. The van der Waals surface area contributed by atoms with Gasteiger partial charge in [-0.1, -0.05) is 6.07 Å². The lowest BCUT2D eigenvalue weighted by Crippen LogP contribution is -2.51. The molecular weight excluding hydrogens is 332 g/mol. The van der Waals surface area contributed by atoms with Crippen molar-refractivity contribution in [3.05, 3.63) is 53.7 Å². The molecule has 1 saturated heterocycles. The number of aromatic amines is 1. The molecule has 7 heteroatoms. The lowest BCUT2D eigenvalue weighted by molar-refractivity contribution is -0.131. The van der Waals surface area contributed by atoms with Gasteiger partial charge in [0, 0.05) is 39.3 Å². The van der Waals surface area contributed by atoms with Gasteiger partial charge in [0.2, 0.25) is 5.91 Å². The number of oxazole rings is 1. The van der Waals surface area contributed by atoms with Crippen molar-refractivity contribution < 1.29 is 14.0 Å². The lowest BCUT2D eigenvalue weighted by atomic mass is 10.1. The summed E-state index contributed by atoms with van der Waals surface area (Å²) in [6, 6.07) is 9.23. The molecule has 1 N–H and O–H groups in total. The zero-order chi connectivity index (χ0) is 18.1. The van der Waals surface area contributed by atoms with Gasteiger partial charge >= 0.3 is 0 Å². The van der Waals surface area contributed by atoms with Crippen molar-refractivity contribution in [2.24, 2.45) is 0 Å². The molecule has 3 heterocycles. The molecule has 26 heavy (non-hydrogen) atoms. The summed E-state index contributed by atoms with van der Waals surface area (Å²) in [5.74, 6) is 0.659. The highest BCUT2D eigenvalue weighted by molar-refractivity contribution is 5.92. The summed E-state index contributed by atoms with van der Waals surface area (Å²) in [5.41, 5.74) is 2.99. The predicted molar refractivity (Wildman–Crippen MR) is 95.7 cm³/mol. The van der Waals surface area contributed by atoms with Gasteiger partial charge in [0.05, 0.1) is 6.42 Å². The number of rotatable bonds is 3. The largest absolute Gasteiger partial charge is 0.441 e. The van der Waals surface area contributed by atoms with Crippen LogP contribution in [0.25, 0.3) is 11.1 Å². The number of benzene rings is 1. The number of H-pyrrole nitrogens is 1. The quantitative estimate of drug-likeness (QED) is 0.781. The van der Waals surface area contributed by atoms with E-state index in [0.29, 0.717) is 49.8 Å². The third-order valence-corrected chi connectivity index (χ3v) is 4.66. The van der Waals surface area contributed by atoms with E-state index in [1.807, 2.05) is 23.1 Å². The molecule has 2 amide bonds. The third kappa shape index (κ3) is 3.20. The highest BCUT2D eigenvalue weighted by Gasteiger charge is 2.25. The first kappa shape index (κ1) is 16.4. The molecule has 7 nitrogen and oxygen atoms in total. The molecule has 0 radical (unpaired) electrons. The number of carbonyl (C=O) groups excluding carboxylic acids is 2. The first-order valence-corrected chi connectivity index (χ1v) is 8.66. The molecule has 1 aromatic carbocycles. The van der Waals surface area contributed by atoms with E-state index in [9.17, 15) is 9.59 Å². The molecule has 1 aliphatic heterocycles. The average molecular weight is 352 g/mol. The fourth-order valence-electron chi connectivity index (χ4n) is 3.27. The molecule has 134 valence electrons. The number of hydrogen-bond acceptors (Lipinski definition) is 4. The Morgan fingerprint density at radius 1 is 1.15 bits per heavy atom. The summed E-state index contributed by atoms with van der Waals surface area (Å²) in [7, 11) is 0. The molecule has 3 aromatic rings. The van der Waals surface area contributed by atoms with Crippen molar-refractivity contribution in [1.29, 1.82) is 0 Å². The minimum Gasteiger partial charge on any atom is -0.441 e. The Hall–Kier alpha value is -3.09. The highest BCUT2D eigenvalue weighted by Crippen LogP contribution is 2.18. The monoisotopic (exact) mass is 352 g/mol. The molecule has 4 rings (SSSR count). The van der Waals surface area contributed by atoms with Gasteiger partial charge in [0.25, 0.3) is 5.91 Å². The van der Waals surface area contributed by atoms with E-state index in [1.54, 1.807) is 30.2 Å². The Morgan fingerprint density at radius 2 is 1.92 bits per heavy atom. The fraction of sp³-hybridized carbons (Fsp3) is 0.316. The summed E-state index contributed by atoms with van der Waals surface area (Å²) >= 11 is 0. The van der Waals surface area contributed by atoms with Gasteiger partial charge < -0.3 is 19.2 Å². The number of nitrogens with one attached hydrogen (secondary N) is 1. The SMILES string of the molecule is Cc1nc2ccc(CC(=O)N3CCN(C(=O)c4ccc[nH]4)CC3)cc2o1. The maximum atomic E-state index is 12.6. The van der Waals surface area contributed by atoms with Gasteiger partial charge in [-0.05, 0) is 29.8 Å². The van der Waals surface area contributed by atoms with Crippen LogP contribution in [0.4, 0.5) is 0 Å². The highest BCUT2D eigenvalue weighted by atomic mass is 16.3. The molecular formula is C19H20N4O3. The Balaban J connectivity index is 1.36. The molecule has 2 aromatic heterocycles. The lowest BCUT2D eigenvalue weighted by Gasteiger charge is -2.34. The summed E-state index contributed by atoms with van der Waals surface area (Å²) in [6.07, 6.45) is 2.06. The van der Waals surface area contributed by atoms with Crippen molar-refractivity contribution in [2.45, 2.75) is 13.3 Å². The van der Waals surface area contributed by atoms with Crippen LogP contribution in [0.5, 0.6) is 0 Å². The van der Waals surface area contributed by atoms with Crippen LogP contribution >= 0.6 is 0 Å². The third-order valence-electron chi connectivity index (χ3n) is 4.66. The van der Waals surface area contributed by atoms with E-state index in [4.69, 9.17) is 4.42 Å². The van der Waals surface area contributed by atoms with Gasteiger partial charge in [-0.2, -0.15) is 0 Å². The van der Waals surface area contributed by atoms with Gasteiger partial charge in [-0.25, -0.2) is 4.98 Å². The molecule has 0 unspecified atom stereocenters. The molecule has 0 saturated carbocycles. The van der Waals surface area contributed by atoms with Crippen LogP contribution in [-0.2, 0) is 11.2 Å². The fourth-order valence-corrected chi connectivity index (χ4v) is 3.27. The molecule has 0 atom stereocenters. The Bertz CT molecular complexity index is 937. The standard InChI is InChI=1S/C19H20N4O3/c1-13-21-15-5-4-14(11-17(15)26-13)12-18(24)22-7-9-23(10-8-22)19(25)16-3-2-6-20-16/h2-6,11,20H,7-10,12H2,1H3. The zero-order valence-electron chi connectivity index (χ0n) is 14.6. The van der Waals surface area contributed by atoms with E-state index in [-0.39, 0.29) is 11.8 Å². The summed E-state index contributed by atoms with van der Waals surface area (Å²) in [4.78, 5) is 35.7. The predicted octanol–water partition coefficient (Wildman–Crippen LogP) is 1.99. The number of hydrogen-bond donors (Lipinski definition) is 1. The van der Waals surface area contributed by atoms with Crippen molar-refractivity contribution in [3.63, 3.8) is 0 Å². The number of amides is 2. The second-order valence-corrected chi connectivity index (χ2v) is 6.47. The normalized spacial score (nSPS) is 14.8. The Kier molecular flexibility index (Phi) is 4.20.